The maximum atomic E-state index is 4.65. The van der Waals surface area contributed by atoms with E-state index in [-0.39, 0.29) is 0 Å². The third kappa shape index (κ3) is 2.59. The molecule has 0 amide bonds. The molecule has 1 N–H and O–H groups in total. The largest absolute Gasteiger partial charge is 0.313 e. The van der Waals surface area contributed by atoms with Crippen LogP contribution in [0.1, 0.15) is 57.2 Å². The maximum Gasteiger partial charge on any atom is 0.0482 e. The first-order valence-corrected chi connectivity index (χ1v) is 7.48. The monoisotopic (exact) mass is 246 g/mol. The van der Waals surface area contributed by atoms with Gasteiger partial charge in [0.1, 0.15) is 0 Å². The number of hydrogen-bond acceptors (Lipinski definition) is 2. The number of rotatable bonds is 6. The second kappa shape index (κ2) is 6.33. The zero-order chi connectivity index (χ0) is 13.0. The Morgan fingerprint density at radius 2 is 2.11 bits per heavy atom. The fourth-order valence-corrected chi connectivity index (χ4v) is 3.46. The van der Waals surface area contributed by atoms with Crippen molar-refractivity contribution in [2.45, 2.75) is 58.4 Å². The fourth-order valence-electron chi connectivity index (χ4n) is 3.46. The number of nitrogens with zero attached hydrogens (tertiary/aromatic N) is 1. The zero-order valence-electron chi connectivity index (χ0n) is 11.9. The number of aromatic nitrogens is 1. The van der Waals surface area contributed by atoms with Crippen molar-refractivity contribution in [1.82, 2.24) is 10.3 Å². The van der Waals surface area contributed by atoms with Gasteiger partial charge in [0, 0.05) is 23.9 Å². The Morgan fingerprint density at radius 1 is 1.33 bits per heavy atom. The standard InChI is InChI=1S/C16H26N2/c1-4-12(5-2)15(17-6-3)14-10-9-13-8-7-11-18-16(13)14/h7-8,11-12,14-15,17H,4-6,9-10H2,1-3H3. The van der Waals surface area contributed by atoms with Crippen molar-refractivity contribution in [3.05, 3.63) is 29.6 Å². The molecule has 100 valence electrons. The van der Waals surface area contributed by atoms with Gasteiger partial charge < -0.3 is 5.32 Å². The normalized spacial score (nSPS) is 20.1. The van der Waals surface area contributed by atoms with Gasteiger partial charge >= 0.3 is 0 Å². The predicted molar refractivity (Wildman–Crippen MR) is 76.8 cm³/mol. The van der Waals surface area contributed by atoms with Crippen LogP contribution in [0.2, 0.25) is 0 Å². The molecule has 0 saturated carbocycles. The van der Waals surface area contributed by atoms with E-state index in [1.165, 1.54) is 36.9 Å². The van der Waals surface area contributed by atoms with Gasteiger partial charge in [0.05, 0.1) is 0 Å². The van der Waals surface area contributed by atoms with Crippen LogP contribution in [0.5, 0.6) is 0 Å². The highest BCUT2D eigenvalue weighted by Crippen LogP contribution is 2.37. The topological polar surface area (TPSA) is 24.9 Å². The number of fused-ring (bicyclic) bond motifs is 1. The van der Waals surface area contributed by atoms with Crippen LogP contribution < -0.4 is 5.32 Å². The summed E-state index contributed by atoms with van der Waals surface area (Å²) in [7, 11) is 0. The van der Waals surface area contributed by atoms with Gasteiger partial charge in [-0.1, -0.05) is 39.7 Å². The van der Waals surface area contributed by atoms with Gasteiger partial charge in [-0.15, -0.1) is 0 Å². The summed E-state index contributed by atoms with van der Waals surface area (Å²) in [6.07, 6.45) is 6.93. The Morgan fingerprint density at radius 3 is 2.78 bits per heavy atom. The molecule has 18 heavy (non-hydrogen) atoms. The smallest absolute Gasteiger partial charge is 0.0482 e. The number of pyridine rings is 1. The lowest BCUT2D eigenvalue weighted by molar-refractivity contribution is 0.290. The molecule has 0 spiro atoms. The first-order valence-electron chi connectivity index (χ1n) is 7.48. The second-order valence-corrected chi connectivity index (χ2v) is 5.35. The molecule has 0 bridgehead atoms. The van der Waals surface area contributed by atoms with E-state index in [0.29, 0.717) is 12.0 Å². The third-order valence-electron chi connectivity index (χ3n) is 4.43. The highest BCUT2D eigenvalue weighted by molar-refractivity contribution is 5.30. The summed E-state index contributed by atoms with van der Waals surface area (Å²) in [5.74, 6) is 1.38. The lowest BCUT2D eigenvalue weighted by Gasteiger charge is -2.31. The Hall–Kier alpha value is -0.890. The molecule has 1 aromatic rings. The van der Waals surface area contributed by atoms with E-state index in [1.54, 1.807) is 0 Å². The fraction of sp³-hybridized carbons (Fsp3) is 0.688. The van der Waals surface area contributed by atoms with Gasteiger partial charge in [0.2, 0.25) is 0 Å². The number of nitrogens with one attached hydrogen (secondary N) is 1. The molecule has 0 aromatic carbocycles. The van der Waals surface area contributed by atoms with E-state index in [2.05, 4.69) is 43.2 Å². The summed E-state index contributed by atoms with van der Waals surface area (Å²) < 4.78 is 0. The Labute approximate surface area is 111 Å². The minimum absolute atomic E-state index is 0.598. The highest BCUT2D eigenvalue weighted by Gasteiger charge is 2.33. The molecule has 2 unspecified atom stereocenters. The molecule has 2 nitrogen and oxygen atoms in total. The minimum Gasteiger partial charge on any atom is -0.313 e. The second-order valence-electron chi connectivity index (χ2n) is 5.35. The maximum absolute atomic E-state index is 4.65. The van der Waals surface area contributed by atoms with Gasteiger partial charge in [0.25, 0.3) is 0 Å². The molecule has 0 radical (unpaired) electrons. The van der Waals surface area contributed by atoms with Gasteiger partial charge in [-0.25, -0.2) is 0 Å². The zero-order valence-corrected chi connectivity index (χ0v) is 11.9. The van der Waals surface area contributed by atoms with Crippen LogP contribution in [0.25, 0.3) is 0 Å². The average molecular weight is 246 g/mol. The van der Waals surface area contributed by atoms with Crippen LogP contribution in [0.3, 0.4) is 0 Å². The molecular formula is C16H26N2. The number of likely N-dealkylation sites (N-methyl/N-ethyl adjacent to an activating group) is 1. The van der Waals surface area contributed by atoms with E-state index in [1.807, 2.05) is 6.20 Å². The Balaban J connectivity index is 2.22. The van der Waals surface area contributed by atoms with Crippen molar-refractivity contribution in [3.63, 3.8) is 0 Å². The predicted octanol–water partition coefficient (Wildman–Crippen LogP) is 3.53. The van der Waals surface area contributed by atoms with Gasteiger partial charge in [-0.3, -0.25) is 4.98 Å². The summed E-state index contributed by atoms with van der Waals surface area (Å²) in [4.78, 5) is 4.65. The third-order valence-corrected chi connectivity index (χ3v) is 4.43. The number of hydrogen-bond donors (Lipinski definition) is 1. The molecule has 1 aliphatic carbocycles. The summed E-state index contributed by atoms with van der Waals surface area (Å²) in [6.45, 7) is 7.89. The lowest BCUT2D eigenvalue weighted by Crippen LogP contribution is -2.40. The van der Waals surface area contributed by atoms with Crippen molar-refractivity contribution in [2.24, 2.45) is 5.92 Å². The first kappa shape index (κ1) is 13.5. The van der Waals surface area contributed by atoms with Crippen molar-refractivity contribution < 1.29 is 0 Å². The van der Waals surface area contributed by atoms with Crippen molar-refractivity contribution in [1.29, 1.82) is 0 Å². The number of aryl methyl sites for hydroxylation is 1. The molecule has 0 aliphatic heterocycles. The highest BCUT2D eigenvalue weighted by atomic mass is 14.9. The Bertz CT molecular complexity index is 371. The van der Waals surface area contributed by atoms with Crippen molar-refractivity contribution >= 4 is 0 Å². The van der Waals surface area contributed by atoms with Crippen LogP contribution in [0.4, 0.5) is 0 Å². The molecule has 1 heterocycles. The average Bonchev–Trinajstić information content (AvgIpc) is 2.83. The van der Waals surface area contributed by atoms with Crippen molar-refractivity contribution in [3.8, 4) is 0 Å². The molecule has 2 rings (SSSR count). The van der Waals surface area contributed by atoms with Crippen LogP contribution in [0, 0.1) is 5.92 Å². The van der Waals surface area contributed by atoms with Crippen LogP contribution in [-0.4, -0.2) is 17.6 Å². The molecule has 2 atom stereocenters. The van der Waals surface area contributed by atoms with E-state index in [0.717, 1.165) is 12.5 Å². The summed E-state index contributed by atoms with van der Waals surface area (Å²) in [5.41, 5.74) is 2.83. The Kier molecular flexibility index (Phi) is 4.76. The van der Waals surface area contributed by atoms with E-state index in [4.69, 9.17) is 0 Å². The summed E-state index contributed by atoms with van der Waals surface area (Å²) in [5, 5.41) is 3.73. The molecule has 1 aliphatic rings. The molecule has 2 heteroatoms. The van der Waals surface area contributed by atoms with Gasteiger partial charge in [-0.2, -0.15) is 0 Å². The van der Waals surface area contributed by atoms with Crippen LogP contribution >= 0.6 is 0 Å². The molecule has 0 fully saturated rings. The van der Waals surface area contributed by atoms with Gasteiger partial charge in [-0.05, 0) is 36.9 Å². The van der Waals surface area contributed by atoms with Gasteiger partial charge in [0.15, 0.2) is 0 Å². The van der Waals surface area contributed by atoms with E-state index in [9.17, 15) is 0 Å². The summed E-state index contributed by atoms with van der Waals surface area (Å²) in [6, 6.07) is 4.92. The minimum atomic E-state index is 0.598. The first-order chi connectivity index (χ1) is 8.81. The van der Waals surface area contributed by atoms with Crippen LogP contribution in [0.15, 0.2) is 18.3 Å². The lowest BCUT2D eigenvalue weighted by atomic mass is 9.83. The summed E-state index contributed by atoms with van der Waals surface area (Å²) >= 11 is 0. The van der Waals surface area contributed by atoms with E-state index < -0.39 is 0 Å². The van der Waals surface area contributed by atoms with E-state index >= 15 is 0 Å². The SMILES string of the molecule is CCNC(C(CC)CC)C1CCc2cccnc21. The quantitative estimate of drug-likeness (QED) is 0.830. The van der Waals surface area contributed by atoms with Crippen LogP contribution in [-0.2, 0) is 6.42 Å². The molecular weight excluding hydrogens is 220 g/mol. The van der Waals surface area contributed by atoms with Crippen molar-refractivity contribution in [2.75, 3.05) is 6.54 Å². The molecule has 1 aromatic heterocycles. The molecule has 0 saturated heterocycles.